The average Bonchev–Trinajstić information content (AvgIpc) is 2.95. The molecule has 0 unspecified atom stereocenters. The molecule has 1 aliphatic rings. The monoisotopic (exact) mass is 594 g/mol. The standard InChI is InChI=1S/C31H38N4O6S/c1-21(36)34-30-15-13-25(19-33-30)28(37)20-32-17-16-22-8-10-23(11-9-22)24-12-14-27(31(38)35-42(2,39)40)29(18-24)41-26-6-4-3-5-7-26/h8-15,18-19,26,28,32,37H,3-7,16-17,20H2,1-2H3,(H,35,38)(H,33,34,36)/t28-/m0/s1. The highest BCUT2D eigenvalue weighted by Crippen LogP contribution is 2.31. The number of aliphatic hydroxyl groups excluding tert-OH is 1. The summed E-state index contributed by atoms with van der Waals surface area (Å²) in [7, 11) is -3.71. The van der Waals surface area contributed by atoms with Crippen LogP contribution in [0.2, 0.25) is 0 Å². The van der Waals surface area contributed by atoms with Crippen LogP contribution in [0.25, 0.3) is 11.1 Å². The minimum atomic E-state index is -3.71. The van der Waals surface area contributed by atoms with Crippen molar-refractivity contribution >= 4 is 27.7 Å². The molecule has 1 heterocycles. The van der Waals surface area contributed by atoms with Gasteiger partial charge in [-0.25, -0.2) is 18.1 Å². The van der Waals surface area contributed by atoms with Crippen molar-refractivity contribution in [3.8, 4) is 16.9 Å². The third kappa shape index (κ3) is 9.37. The number of aliphatic hydroxyl groups is 1. The number of pyridine rings is 1. The molecule has 0 saturated heterocycles. The van der Waals surface area contributed by atoms with Gasteiger partial charge in [0.1, 0.15) is 11.6 Å². The Morgan fingerprint density at radius 2 is 1.74 bits per heavy atom. The van der Waals surface area contributed by atoms with Crippen LogP contribution in [0.3, 0.4) is 0 Å². The zero-order valence-electron chi connectivity index (χ0n) is 23.9. The Bertz CT molecular complexity index is 1470. The summed E-state index contributed by atoms with van der Waals surface area (Å²) in [6.07, 6.45) is 7.62. The second-order valence-corrected chi connectivity index (χ2v) is 12.4. The summed E-state index contributed by atoms with van der Waals surface area (Å²) in [6, 6.07) is 16.7. The molecule has 4 rings (SSSR count). The molecule has 0 bridgehead atoms. The molecule has 0 aliphatic heterocycles. The van der Waals surface area contributed by atoms with Crippen molar-refractivity contribution in [1.29, 1.82) is 0 Å². The number of carbonyl (C=O) groups excluding carboxylic acids is 2. The second-order valence-electron chi connectivity index (χ2n) is 10.6. The molecule has 224 valence electrons. The van der Waals surface area contributed by atoms with E-state index in [2.05, 4.69) is 15.6 Å². The van der Waals surface area contributed by atoms with E-state index in [1.165, 1.54) is 6.92 Å². The molecule has 1 fully saturated rings. The average molecular weight is 595 g/mol. The SMILES string of the molecule is CC(=O)Nc1ccc([C@@H](O)CNCCc2ccc(-c3ccc(C(=O)NS(C)(=O)=O)c(OC4CCCCC4)c3)cc2)cn1. The smallest absolute Gasteiger partial charge is 0.268 e. The highest BCUT2D eigenvalue weighted by atomic mass is 32.2. The van der Waals surface area contributed by atoms with Gasteiger partial charge in [0.2, 0.25) is 15.9 Å². The molecule has 3 aromatic rings. The number of ether oxygens (including phenoxy) is 1. The number of aromatic nitrogens is 1. The van der Waals surface area contributed by atoms with E-state index in [-0.39, 0.29) is 17.6 Å². The Morgan fingerprint density at radius 1 is 1.02 bits per heavy atom. The Hall–Kier alpha value is -3.80. The summed E-state index contributed by atoms with van der Waals surface area (Å²) in [5, 5.41) is 16.3. The number of amides is 2. The Balaban J connectivity index is 1.36. The van der Waals surface area contributed by atoms with Crippen LogP contribution in [0.15, 0.2) is 60.8 Å². The van der Waals surface area contributed by atoms with E-state index in [9.17, 15) is 23.1 Å². The lowest BCUT2D eigenvalue weighted by Crippen LogP contribution is -2.30. The number of hydrogen-bond acceptors (Lipinski definition) is 8. The fraction of sp³-hybridized carbons (Fsp3) is 0.387. The van der Waals surface area contributed by atoms with E-state index in [1.54, 1.807) is 36.5 Å². The van der Waals surface area contributed by atoms with Crippen molar-refractivity contribution in [1.82, 2.24) is 15.0 Å². The largest absolute Gasteiger partial charge is 0.490 e. The van der Waals surface area contributed by atoms with Gasteiger partial charge in [0.15, 0.2) is 0 Å². The fourth-order valence-corrected chi connectivity index (χ4v) is 5.33. The first-order valence-electron chi connectivity index (χ1n) is 14.1. The van der Waals surface area contributed by atoms with Crippen molar-refractivity contribution in [3.63, 3.8) is 0 Å². The number of sulfonamides is 1. The van der Waals surface area contributed by atoms with Crippen molar-refractivity contribution in [2.75, 3.05) is 24.7 Å². The summed E-state index contributed by atoms with van der Waals surface area (Å²) in [4.78, 5) is 28.0. The fourth-order valence-electron chi connectivity index (χ4n) is 4.88. The second kappa shape index (κ2) is 14.4. The number of hydrogen-bond donors (Lipinski definition) is 4. The van der Waals surface area contributed by atoms with E-state index < -0.39 is 22.0 Å². The third-order valence-electron chi connectivity index (χ3n) is 7.04. The summed E-state index contributed by atoms with van der Waals surface area (Å²) in [5.74, 6) is -0.0857. The van der Waals surface area contributed by atoms with Gasteiger partial charge in [-0.3, -0.25) is 9.59 Å². The molecule has 1 aromatic heterocycles. The first kappa shape index (κ1) is 31.1. The van der Waals surface area contributed by atoms with Gasteiger partial charge in [-0.1, -0.05) is 42.8 Å². The van der Waals surface area contributed by atoms with E-state index in [0.29, 0.717) is 30.2 Å². The van der Waals surface area contributed by atoms with E-state index in [1.807, 2.05) is 29.0 Å². The minimum absolute atomic E-state index is 0.00783. The van der Waals surface area contributed by atoms with Crippen LogP contribution in [0, 0.1) is 0 Å². The summed E-state index contributed by atoms with van der Waals surface area (Å²) in [5.41, 5.74) is 3.78. The first-order chi connectivity index (χ1) is 20.1. The lowest BCUT2D eigenvalue weighted by molar-refractivity contribution is -0.114. The third-order valence-corrected chi connectivity index (χ3v) is 7.60. The molecule has 4 N–H and O–H groups in total. The van der Waals surface area contributed by atoms with Gasteiger partial charge in [-0.2, -0.15) is 0 Å². The van der Waals surface area contributed by atoms with Crippen LogP contribution in [0.1, 0.15) is 66.6 Å². The van der Waals surface area contributed by atoms with Gasteiger partial charge >= 0.3 is 0 Å². The number of benzene rings is 2. The Kier molecular flexibility index (Phi) is 10.7. The van der Waals surface area contributed by atoms with Crippen LogP contribution in [0.4, 0.5) is 5.82 Å². The molecule has 42 heavy (non-hydrogen) atoms. The number of nitrogens with zero attached hydrogens (tertiary/aromatic N) is 1. The lowest BCUT2D eigenvalue weighted by atomic mass is 9.97. The van der Waals surface area contributed by atoms with Crippen LogP contribution in [-0.2, 0) is 21.2 Å². The van der Waals surface area contributed by atoms with E-state index >= 15 is 0 Å². The first-order valence-corrected chi connectivity index (χ1v) is 16.0. The van der Waals surface area contributed by atoms with Gasteiger partial charge in [0.25, 0.3) is 5.91 Å². The molecule has 1 saturated carbocycles. The quantitative estimate of drug-likeness (QED) is 0.230. The van der Waals surface area contributed by atoms with Crippen molar-refractivity contribution < 1.29 is 27.9 Å². The van der Waals surface area contributed by atoms with E-state index in [0.717, 1.165) is 61.5 Å². The molecule has 2 amide bonds. The van der Waals surface area contributed by atoms with Crippen molar-refractivity contribution in [2.45, 2.75) is 57.7 Å². The molecule has 0 radical (unpaired) electrons. The minimum Gasteiger partial charge on any atom is -0.490 e. The van der Waals surface area contributed by atoms with E-state index in [4.69, 9.17) is 4.74 Å². The molecule has 11 heteroatoms. The highest BCUT2D eigenvalue weighted by molar-refractivity contribution is 7.89. The van der Waals surface area contributed by atoms with Gasteiger partial charge in [-0.05, 0) is 73.5 Å². The lowest BCUT2D eigenvalue weighted by Gasteiger charge is -2.24. The van der Waals surface area contributed by atoms with Gasteiger partial charge in [0.05, 0.1) is 24.0 Å². The molecule has 2 aromatic carbocycles. The number of carbonyl (C=O) groups is 2. The maximum absolute atomic E-state index is 12.7. The number of rotatable bonds is 12. The number of nitrogens with one attached hydrogen (secondary N) is 3. The molecular formula is C31H38N4O6S. The molecular weight excluding hydrogens is 556 g/mol. The van der Waals surface area contributed by atoms with Crippen LogP contribution in [0.5, 0.6) is 5.75 Å². The number of anilines is 1. The van der Waals surface area contributed by atoms with Gasteiger partial charge in [0, 0.05) is 25.2 Å². The molecule has 1 aliphatic carbocycles. The predicted octanol–water partition coefficient (Wildman–Crippen LogP) is 3.97. The predicted molar refractivity (Wildman–Crippen MR) is 162 cm³/mol. The Labute approximate surface area is 247 Å². The highest BCUT2D eigenvalue weighted by Gasteiger charge is 2.21. The normalized spacial score (nSPS) is 14.6. The van der Waals surface area contributed by atoms with Gasteiger partial charge < -0.3 is 20.5 Å². The summed E-state index contributed by atoms with van der Waals surface area (Å²) in [6.45, 7) is 2.44. The van der Waals surface area contributed by atoms with Crippen molar-refractivity contribution in [3.05, 3.63) is 77.5 Å². The molecule has 10 nitrogen and oxygen atoms in total. The van der Waals surface area contributed by atoms with Crippen LogP contribution < -0.4 is 20.1 Å². The maximum atomic E-state index is 12.7. The van der Waals surface area contributed by atoms with Crippen molar-refractivity contribution in [2.24, 2.45) is 0 Å². The van der Waals surface area contributed by atoms with Crippen LogP contribution in [-0.4, -0.2) is 55.8 Å². The summed E-state index contributed by atoms with van der Waals surface area (Å²) < 4.78 is 31.6. The Morgan fingerprint density at radius 3 is 2.38 bits per heavy atom. The molecule has 1 atom stereocenters. The van der Waals surface area contributed by atoms with Gasteiger partial charge in [-0.15, -0.1) is 0 Å². The molecule has 0 spiro atoms. The maximum Gasteiger partial charge on any atom is 0.268 e. The zero-order valence-corrected chi connectivity index (χ0v) is 24.7. The zero-order chi connectivity index (χ0) is 30.1. The summed E-state index contributed by atoms with van der Waals surface area (Å²) >= 11 is 0. The van der Waals surface area contributed by atoms with Crippen LogP contribution >= 0.6 is 0 Å². The topological polar surface area (TPSA) is 147 Å².